The number of esters is 1. The van der Waals surface area contributed by atoms with Crippen LogP contribution in [0.3, 0.4) is 0 Å². The van der Waals surface area contributed by atoms with Crippen molar-refractivity contribution in [3.63, 3.8) is 0 Å². The van der Waals surface area contributed by atoms with Crippen LogP contribution in [-0.4, -0.2) is 35.1 Å². The van der Waals surface area contributed by atoms with Gasteiger partial charge < -0.3 is 9.64 Å². The molecule has 1 aromatic rings. The predicted octanol–water partition coefficient (Wildman–Crippen LogP) is 1.83. The number of carbonyl (C=O) groups is 1. The second-order valence-electron chi connectivity index (χ2n) is 4.76. The Labute approximate surface area is 116 Å². The molecule has 0 unspecified atom stereocenters. The van der Waals surface area contributed by atoms with E-state index >= 15 is 0 Å². The summed E-state index contributed by atoms with van der Waals surface area (Å²) in [5.41, 5.74) is 0.647. The van der Waals surface area contributed by atoms with Gasteiger partial charge in [-0.2, -0.15) is 0 Å². The lowest BCUT2D eigenvalue weighted by molar-refractivity contribution is -0.385. The minimum atomic E-state index is -0.476. The maximum absolute atomic E-state index is 11.6. The average molecular weight is 279 g/mol. The summed E-state index contributed by atoms with van der Waals surface area (Å²) in [6, 6.07) is 1.75. The van der Waals surface area contributed by atoms with Crippen molar-refractivity contribution in [2.24, 2.45) is 0 Å². The van der Waals surface area contributed by atoms with Crippen LogP contribution in [0.1, 0.15) is 25.3 Å². The third-order valence-electron chi connectivity index (χ3n) is 3.11. The van der Waals surface area contributed by atoms with E-state index in [1.807, 2.05) is 4.90 Å². The van der Waals surface area contributed by atoms with Crippen molar-refractivity contribution in [1.82, 2.24) is 4.98 Å². The van der Waals surface area contributed by atoms with Crippen molar-refractivity contribution in [2.45, 2.75) is 32.7 Å². The first-order valence-corrected chi connectivity index (χ1v) is 6.56. The highest BCUT2D eigenvalue weighted by Crippen LogP contribution is 2.33. The van der Waals surface area contributed by atoms with Gasteiger partial charge in [0.2, 0.25) is 0 Å². The number of aryl methyl sites for hydroxylation is 1. The molecule has 1 aromatic heterocycles. The van der Waals surface area contributed by atoms with Gasteiger partial charge in [0.15, 0.2) is 0 Å². The van der Waals surface area contributed by atoms with Crippen LogP contribution in [0.25, 0.3) is 0 Å². The molecule has 108 valence electrons. The van der Waals surface area contributed by atoms with Gasteiger partial charge >= 0.3 is 5.97 Å². The molecule has 0 saturated heterocycles. The highest BCUT2D eigenvalue weighted by Gasteiger charge is 2.32. The summed E-state index contributed by atoms with van der Waals surface area (Å²) in [5.74, 6) is 0.310. The predicted molar refractivity (Wildman–Crippen MR) is 72.6 cm³/mol. The van der Waals surface area contributed by atoms with Crippen LogP contribution in [0.2, 0.25) is 0 Å². The Balaban J connectivity index is 2.21. The molecule has 0 amide bonds. The van der Waals surface area contributed by atoms with Crippen LogP contribution in [0.4, 0.5) is 11.5 Å². The molecule has 1 aliphatic carbocycles. The molecule has 1 heterocycles. The van der Waals surface area contributed by atoms with Gasteiger partial charge in [-0.25, -0.2) is 4.98 Å². The fraction of sp³-hybridized carbons (Fsp3) is 0.538. The van der Waals surface area contributed by atoms with Crippen molar-refractivity contribution in [2.75, 3.05) is 18.1 Å². The summed E-state index contributed by atoms with van der Waals surface area (Å²) in [6.07, 6.45) is 3.22. The number of aromatic nitrogens is 1. The Bertz CT molecular complexity index is 528. The molecule has 0 bridgehead atoms. The average Bonchev–Trinajstić information content (AvgIpc) is 3.20. The zero-order chi connectivity index (χ0) is 14.7. The topological polar surface area (TPSA) is 85.6 Å². The normalized spacial score (nSPS) is 13.9. The summed E-state index contributed by atoms with van der Waals surface area (Å²) >= 11 is 0. The van der Waals surface area contributed by atoms with E-state index in [9.17, 15) is 14.9 Å². The van der Waals surface area contributed by atoms with Crippen molar-refractivity contribution in [1.29, 1.82) is 0 Å². The van der Waals surface area contributed by atoms with E-state index in [1.54, 1.807) is 13.8 Å². The lowest BCUT2D eigenvalue weighted by atomic mass is 10.2. The van der Waals surface area contributed by atoms with Crippen molar-refractivity contribution >= 4 is 17.5 Å². The van der Waals surface area contributed by atoms with E-state index in [-0.39, 0.29) is 24.2 Å². The monoisotopic (exact) mass is 279 g/mol. The number of anilines is 1. The van der Waals surface area contributed by atoms with Gasteiger partial charge in [0.25, 0.3) is 5.69 Å². The summed E-state index contributed by atoms with van der Waals surface area (Å²) in [7, 11) is 0. The molecule has 0 aliphatic heterocycles. The first-order chi connectivity index (χ1) is 9.52. The van der Waals surface area contributed by atoms with Crippen molar-refractivity contribution in [3.8, 4) is 0 Å². The maximum Gasteiger partial charge on any atom is 0.325 e. The molecule has 1 aliphatic rings. The Morgan fingerprint density at radius 2 is 2.30 bits per heavy atom. The summed E-state index contributed by atoms with van der Waals surface area (Å²) < 4.78 is 4.96. The third-order valence-corrected chi connectivity index (χ3v) is 3.11. The molecule has 0 N–H and O–H groups in total. The summed E-state index contributed by atoms with van der Waals surface area (Å²) in [6.45, 7) is 3.98. The highest BCUT2D eigenvalue weighted by molar-refractivity contribution is 5.76. The van der Waals surface area contributed by atoms with Gasteiger partial charge in [-0.05, 0) is 32.3 Å². The number of rotatable bonds is 6. The fourth-order valence-corrected chi connectivity index (χ4v) is 2.06. The number of nitrogens with zero attached hydrogens (tertiary/aromatic N) is 3. The zero-order valence-electron chi connectivity index (χ0n) is 11.5. The SMILES string of the molecule is CCOC(=O)CN(c1ncc([N+](=O)[O-])cc1C)C1CC1. The summed E-state index contributed by atoms with van der Waals surface area (Å²) in [5, 5.41) is 10.7. The van der Waals surface area contributed by atoms with E-state index in [0.29, 0.717) is 18.0 Å². The molecule has 0 radical (unpaired) electrons. The smallest absolute Gasteiger partial charge is 0.325 e. The molecular formula is C13H17N3O4. The summed E-state index contributed by atoms with van der Waals surface area (Å²) in [4.78, 5) is 27.9. The van der Waals surface area contributed by atoms with Crippen molar-refractivity contribution in [3.05, 3.63) is 27.9 Å². The third kappa shape index (κ3) is 3.23. The maximum atomic E-state index is 11.6. The molecule has 1 fully saturated rings. The van der Waals surface area contributed by atoms with Crippen LogP contribution >= 0.6 is 0 Å². The van der Waals surface area contributed by atoms with Gasteiger partial charge in [0, 0.05) is 12.1 Å². The molecule has 0 aromatic carbocycles. The quantitative estimate of drug-likeness (QED) is 0.448. The molecular weight excluding hydrogens is 262 g/mol. The van der Waals surface area contributed by atoms with Gasteiger partial charge in [0.1, 0.15) is 18.6 Å². The highest BCUT2D eigenvalue weighted by atomic mass is 16.6. The molecule has 7 heteroatoms. The van der Waals surface area contributed by atoms with Gasteiger partial charge in [-0.15, -0.1) is 0 Å². The molecule has 7 nitrogen and oxygen atoms in total. The first kappa shape index (κ1) is 14.2. The number of hydrogen-bond donors (Lipinski definition) is 0. The first-order valence-electron chi connectivity index (χ1n) is 6.56. The fourth-order valence-electron chi connectivity index (χ4n) is 2.06. The van der Waals surface area contributed by atoms with Crippen LogP contribution < -0.4 is 4.90 Å². The van der Waals surface area contributed by atoms with Gasteiger partial charge in [-0.3, -0.25) is 14.9 Å². The lowest BCUT2D eigenvalue weighted by Crippen LogP contribution is -2.34. The van der Waals surface area contributed by atoms with Gasteiger partial charge in [-0.1, -0.05) is 0 Å². The minimum Gasteiger partial charge on any atom is -0.465 e. The number of nitro groups is 1. The Morgan fingerprint density at radius 1 is 1.60 bits per heavy atom. The number of hydrogen-bond acceptors (Lipinski definition) is 6. The Morgan fingerprint density at radius 3 is 2.80 bits per heavy atom. The lowest BCUT2D eigenvalue weighted by Gasteiger charge is -2.23. The van der Waals surface area contributed by atoms with E-state index in [4.69, 9.17) is 4.74 Å². The molecule has 0 atom stereocenters. The van der Waals surface area contributed by atoms with E-state index < -0.39 is 4.92 Å². The van der Waals surface area contributed by atoms with E-state index in [0.717, 1.165) is 12.8 Å². The van der Waals surface area contributed by atoms with Gasteiger partial charge in [0.05, 0.1) is 11.5 Å². The number of ether oxygens (including phenoxy) is 1. The van der Waals surface area contributed by atoms with Crippen LogP contribution in [0.15, 0.2) is 12.3 Å². The number of carbonyl (C=O) groups excluding carboxylic acids is 1. The van der Waals surface area contributed by atoms with Crippen LogP contribution in [0.5, 0.6) is 0 Å². The van der Waals surface area contributed by atoms with Crippen LogP contribution in [0, 0.1) is 17.0 Å². The molecule has 2 rings (SSSR count). The molecule has 1 saturated carbocycles. The second-order valence-corrected chi connectivity index (χ2v) is 4.76. The second kappa shape index (κ2) is 5.85. The Kier molecular flexibility index (Phi) is 4.16. The molecule has 0 spiro atoms. The van der Waals surface area contributed by atoms with E-state index in [1.165, 1.54) is 12.3 Å². The molecule has 20 heavy (non-hydrogen) atoms. The zero-order valence-corrected chi connectivity index (χ0v) is 11.5. The Hall–Kier alpha value is -2.18. The standard InChI is InChI=1S/C13H17N3O4/c1-3-20-12(17)8-15(10-4-5-10)13-9(2)6-11(7-14-13)16(18)19/h6-7,10H,3-5,8H2,1-2H3. The minimum absolute atomic E-state index is 0.0434. The van der Waals surface area contributed by atoms with Crippen LogP contribution in [-0.2, 0) is 9.53 Å². The number of pyridine rings is 1. The van der Waals surface area contributed by atoms with Crippen molar-refractivity contribution < 1.29 is 14.5 Å². The largest absolute Gasteiger partial charge is 0.465 e. The van der Waals surface area contributed by atoms with E-state index in [2.05, 4.69) is 4.98 Å².